The van der Waals surface area contributed by atoms with Gasteiger partial charge in [-0.3, -0.25) is 9.69 Å². The number of aryl methyl sites for hydroxylation is 2. The Hall–Kier alpha value is -2.62. The highest BCUT2D eigenvalue weighted by molar-refractivity contribution is 8.16. The summed E-state index contributed by atoms with van der Waals surface area (Å²) in [6.45, 7) is 10.7. The Morgan fingerprint density at radius 3 is 2.74 bits per heavy atom. The predicted molar refractivity (Wildman–Crippen MR) is 138 cm³/mol. The van der Waals surface area contributed by atoms with Crippen LogP contribution in [0.3, 0.4) is 0 Å². The van der Waals surface area contributed by atoms with Crippen LogP contribution in [0.5, 0.6) is 0 Å². The molecule has 1 unspecified atom stereocenters. The van der Waals surface area contributed by atoms with Crippen molar-refractivity contribution in [2.24, 2.45) is 4.99 Å². The number of nitrogens with zero attached hydrogens (tertiary/aromatic N) is 3. The molecule has 1 fully saturated rings. The summed E-state index contributed by atoms with van der Waals surface area (Å²) in [5, 5.41) is 5.82. The number of thioether (sulfide) groups is 1. The number of methoxy groups -OCH3 is 1. The van der Waals surface area contributed by atoms with E-state index in [0.29, 0.717) is 18.5 Å². The van der Waals surface area contributed by atoms with Crippen molar-refractivity contribution < 1.29 is 19.1 Å². The second kappa shape index (κ2) is 11.4. The summed E-state index contributed by atoms with van der Waals surface area (Å²) < 4.78 is 10.6. The van der Waals surface area contributed by atoms with E-state index in [0.717, 1.165) is 66.1 Å². The van der Waals surface area contributed by atoms with Gasteiger partial charge in [0.1, 0.15) is 0 Å². The van der Waals surface area contributed by atoms with Crippen LogP contribution in [0, 0.1) is 13.8 Å². The molecule has 1 saturated heterocycles. The molecule has 3 aliphatic heterocycles. The molecule has 3 aliphatic rings. The molecule has 0 aliphatic carbocycles. The highest BCUT2D eigenvalue weighted by atomic mass is 32.2. The SMILES string of the molecule is CCC1=C(C(=O)OC)C(c2cc(C)ccc2C)N2C(CC(=O)NCCN3CCOCC3)=CSC2=N1. The van der Waals surface area contributed by atoms with E-state index >= 15 is 0 Å². The number of hydrogen-bond donors (Lipinski definition) is 1. The Labute approximate surface area is 211 Å². The van der Waals surface area contributed by atoms with Crippen LogP contribution in [0.1, 0.15) is 42.5 Å². The summed E-state index contributed by atoms with van der Waals surface area (Å²) >= 11 is 1.50. The fourth-order valence-electron chi connectivity index (χ4n) is 4.67. The first-order valence-corrected chi connectivity index (χ1v) is 13.0. The third kappa shape index (κ3) is 5.63. The molecule has 0 radical (unpaired) electrons. The summed E-state index contributed by atoms with van der Waals surface area (Å²) in [4.78, 5) is 35.1. The van der Waals surface area contributed by atoms with Crippen LogP contribution in [0.15, 0.2) is 45.6 Å². The molecule has 1 aromatic rings. The lowest BCUT2D eigenvalue weighted by molar-refractivity contribution is -0.136. The zero-order valence-electron chi connectivity index (χ0n) is 20.9. The third-order valence-corrected chi connectivity index (χ3v) is 7.44. The number of morpholine rings is 1. The van der Waals surface area contributed by atoms with Gasteiger partial charge in [-0.1, -0.05) is 42.4 Å². The Balaban J connectivity index is 1.57. The lowest BCUT2D eigenvalue weighted by atomic mass is 9.89. The van der Waals surface area contributed by atoms with Crippen LogP contribution in [-0.4, -0.2) is 73.3 Å². The lowest BCUT2D eigenvalue weighted by Gasteiger charge is -2.37. The number of hydrogen-bond acceptors (Lipinski definition) is 8. The first kappa shape index (κ1) is 25.5. The van der Waals surface area contributed by atoms with Gasteiger partial charge in [0.2, 0.25) is 5.91 Å². The minimum Gasteiger partial charge on any atom is -0.466 e. The molecule has 1 atom stereocenters. The quantitative estimate of drug-likeness (QED) is 0.551. The van der Waals surface area contributed by atoms with Crippen molar-refractivity contribution in [2.75, 3.05) is 46.5 Å². The summed E-state index contributed by atoms with van der Waals surface area (Å²) in [7, 11) is 1.40. The van der Waals surface area contributed by atoms with Crippen LogP contribution in [0.25, 0.3) is 0 Å². The fourth-order valence-corrected chi connectivity index (χ4v) is 5.60. The van der Waals surface area contributed by atoms with E-state index in [1.807, 2.05) is 31.1 Å². The molecular formula is C26H34N4O4S. The maximum atomic E-state index is 13.0. The first-order chi connectivity index (χ1) is 16.9. The summed E-state index contributed by atoms with van der Waals surface area (Å²) in [6.07, 6.45) is 0.827. The highest BCUT2D eigenvalue weighted by Crippen LogP contribution is 2.46. The van der Waals surface area contributed by atoms with Gasteiger partial charge in [-0.2, -0.15) is 0 Å². The van der Waals surface area contributed by atoms with Crippen LogP contribution in [0.4, 0.5) is 0 Å². The first-order valence-electron chi connectivity index (χ1n) is 12.1. The van der Waals surface area contributed by atoms with Gasteiger partial charge in [-0.05, 0) is 36.8 Å². The monoisotopic (exact) mass is 498 g/mol. The maximum absolute atomic E-state index is 13.0. The average molecular weight is 499 g/mol. The minimum absolute atomic E-state index is 0.0454. The number of fused-ring (bicyclic) bond motifs is 1. The number of aliphatic imine (C=N–C) groups is 1. The molecule has 1 N–H and O–H groups in total. The molecule has 0 bridgehead atoms. The third-order valence-electron chi connectivity index (χ3n) is 6.55. The Morgan fingerprint density at radius 2 is 2.03 bits per heavy atom. The van der Waals surface area contributed by atoms with E-state index < -0.39 is 6.04 Å². The Kier molecular flexibility index (Phi) is 8.30. The van der Waals surface area contributed by atoms with Gasteiger partial charge in [-0.25, -0.2) is 9.79 Å². The van der Waals surface area contributed by atoms with Crippen LogP contribution in [0.2, 0.25) is 0 Å². The van der Waals surface area contributed by atoms with Gasteiger partial charge in [0.25, 0.3) is 0 Å². The number of esters is 1. The number of benzene rings is 1. The molecule has 0 spiro atoms. The summed E-state index contributed by atoms with van der Waals surface area (Å²) in [5.41, 5.74) is 5.30. The molecular weight excluding hydrogens is 464 g/mol. The average Bonchev–Trinajstić information content (AvgIpc) is 3.26. The standard InChI is InChI=1S/C26H34N4O4S/c1-5-21-23(25(32)33-4)24(20-14-17(2)6-7-18(20)3)30-19(16-35-26(30)28-21)15-22(31)27-8-9-29-10-12-34-13-11-29/h6-7,14,16,24H,5,8-13,15H2,1-4H3,(H,27,31). The van der Waals surface area contributed by atoms with Crippen LogP contribution in [-0.2, 0) is 19.1 Å². The van der Waals surface area contributed by atoms with E-state index in [1.165, 1.54) is 18.9 Å². The Bertz CT molecular complexity index is 1080. The number of ether oxygens (including phenoxy) is 2. The molecule has 1 amide bonds. The van der Waals surface area contributed by atoms with Crippen LogP contribution < -0.4 is 5.32 Å². The molecule has 4 rings (SSSR count). The molecule has 8 nitrogen and oxygen atoms in total. The normalized spacial score (nSPS) is 20.3. The van der Waals surface area contributed by atoms with E-state index in [9.17, 15) is 9.59 Å². The highest BCUT2D eigenvalue weighted by Gasteiger charge is 2.42. The van der Waals surface area contributed by atoms with Gasteiger partial charge in [0.05, 0.1) is 44.1 Å². The van der Waals surface area contributed by atoms with Crippen molar-refractivity contribution in [3.8, 4) is 0 Å². The Morgan fingerprint density at radius 1 is 1.26 bits per heavy atom. The van der Waals surface area contributed by atoms with Crippen molar-refractivity contribution in [2.45, 2.75) is 39.7 Å². The summed E-state index contributed by atoms with van der Waals surface area (Å²) in [6, 6.07) is 5.85. The molecule has 0 aromatic heterocycles. The molecule has 35 heavy (non-hydrogen) atoms. The van der Waals surface area contributed by atoms with Gasteiger partial charge in [0, 0.05) is 31.9 Å². The lowest BCUT2D eigenvalue weighted by Crippen LogP contribution is -2.42. The number of allylic oxidation sites excluding steroid dienone is 1. The van der Waals surface area contributed by atoms with E-state index in [4.69, 9.17) is 14.5 Å². The zero-order valence-corrected chi connectivity index (χ0v) is 21.7. The number of carbonyl (C=O) groups is 2. The molecule has 0 saturated carbocycles. The van der Waals surface area contributed by atoms with E-state index in [-0.39, 0.29) is 18.3 Å². The van der Waals surface area contributed by atoms with E-state index in [1.54, 1.807) is 0 Å². The smallest absolute Gasteiger partial charge is 0.338 e. The van der Waals surface area contributed by atoms with Gasteiger partial charge in [-0.15, -0.1) is 0 Å². The minimum atomic E-state index is -0.396. The number of amides is 1. The van der Waals surface area contributed by atoms with Gasteiger partial charge < -0.3 is 19.7 Å². The number of rotatable bonds is 8. The molecule has 188 valence electrons. The number of nitrogens with one attached hydrogen (secondary N) is 1. The van der Waals surface area contributed by atoms with Crippen molar-refractivity contribution in [1.29, 1.82) is 0 Å². The predicted octanol–water partition coefficient (Wildman–Crippen LogP) is 3.28. The van der Waals surface area contributed by atoms with Crippen molar-refractivity contribution in [3.05, 3.63) is 57.3 Å². The van der Waals surface area contributed by atoms with Crippen molar-refractivity contribution in [1.82, 2.24) is 15.1 Å². The largest absolute Gasteiger partial charge is 0.466 e. The van der Waals surface area contributed by atoms with Crippen LogP contribution >= 0.6 is 11.8 Å². The number of amidine groups is 1. The zero-order chi connectivity index (χ0) is 24.9. The second-order valence-corrected chi connectivity index (χ2v) is 9.78. The summed E-state index contributed by atoms with van der Waals surface area (Å²) in [5.74, 6) is -0.433. The number of carbonyl (C=O) groups excluding carboxylic acids is 2. The fraction of sp³-hybridized carbons (Fsp3) is 0.500. The van der Waals surface area contributed by atoms with Gasteiger partial charge in [0.15, 0.2) is 5.17 Å². The molecule has 3 heterocycles. The second-order valence-electron chi connectivity index (χ2n) is 8.94. The van der Waals surface area contributed by atoms with Gasteiger partial charge >= 0.3 is 5.97 Å². The van der Waals surface area contributed by atoms with Crippen molar-refractivity contribution in [3.63, 3.8) is 0 Å². The van der Waals surface area contributed by atoms with Crippen molar-refractivity contribution >= 4 is 28.8 Å². The molecule has 9 heteroatoms. The topological polar surface area (TPSA) is 83.5 Å². The maximum Gasteiger partial charge on any atom is 0.338 e. The van der Waals surface area contributed by atoms with E-state index in [2.05, 4.69) is 28.4 Å². The molecule has 1 aromatic carbocycles.